The molecule has 632 valence electrons. The molecule has 0 aromatic heterocycles. The third-order valence-electron chi connectivity index (χ3n) is 34.7. The van der Waals surface area contributed by atoms with Crippen LogP contribution in [0.15, 0.2) is 95.2 Å². The Kier molecular flexibility index (Phi) is 20.5. The van der Waals surface area contributed by atoms with Gasteiger partial charge in [0.05, 0.1) is 24.4 Å². The summed E-state index contributed by atoms with van der Waals surface area (Å²) in [5, 5.41) is 71.3. The van der Waals surface area contributed by atoms with E-state index in [2.05, 4.69) is 28.6 Å². The molecular weight excluding hydrogens is 1620 g/mol. The molecule has 16 aliphatic carbocycles. The normalized spacial score (nSPS) is 54.2. The summed E-state index contributed by atoms with van der Waals surface area (Å²) in [6.45, 7) is 18.3. The number of rotatable bonds is 7. The average Bonchev–Trinajstić information content (AvgIpc) is 1.50. The number of carbonyl (C=O) groups is 8. The first-order valence-electron chi connectivity index (χ1n) is 40.0. The molecule has 0 aromatic rings. The number of esters is 2. The lowest BCUT2D eigenvalue weighted by Crippen LogP contribution is -2.72. The predicted molar refractivity (Wildman–Crippen MR) is 408 cm³/mol. The van der Waals surface area contributed by atoms with Gasteiger partial charge >= 0.3 is 11.9 Å². The van der Waals surface area contributed by atoms with Gasteiger partial charge in [-0.15, -0.1) is 12.6 Å². The van der Waals surface area contributed by atoms with E-state index < -0.39 is 317 Å². The molecule has 0 bridgehead atoms. The van der Waals surface area contributed by atoms with Gasteiger partial charge in [0.1, 0.15) is 36.3 Å². The van der Waals surface area contributed by atoms with Crippen LogP contribution in [0.25, 0.3) is 0 Å². The van der Waals surface area contributed by atoms with E-state index in [9.17, 15) is 73.0 Å². The number of aliphatic hydroxyl groups is 6. The molecule has 0 amide bonds. The van der Waals surface area contributed by atoms with E-state index in [-0.39, 0.29) is 59.7 Å². The fraction of sp³-hybridized carbons (Fsp3) is 0.721. The van der Waals surface area contributed by atoms with Crippen molar-refractivity contribution in [1.82, 2.24) is 0 Å². The number of hydrogen-bond donors (Lipinski definition) is 7. The summed E-state index contributed by atoms with van der Waals surface area (Å²) in [5.74, 6) is -16.6. The number of thioether (sulfide) groups is 1. The molecule has 115 heavy (non-hydrogen) atoms. The van der Waals surface area contributed by atoms with E-state index in [4.69, 9.17) is 9.47 Å². The molecule has 0 radical (unpaired) electrons. The third-order valence-corrected chi connectivity index (χ3v) is 35.7. The smallest absolute Gasteiger partial charge is 0.340 e. The van der Waals surface area contributed by atoms with Gasteiger partial charge in [0.25, 0.3) is 0 Å². The van der Waals surface area contributed by atoms with Crippen LogP contribution >= 0.6 is 40.3 Å². The Labute approximate surface area is 679 Å². The molecule has 0 heterocycles. The maximum absolute atomic E-state index is 18.0. The molecule has 0 aliphatic heterocycles. The second-order valence-electron chi connectivity index (χ2n) is 38.7. The summed E-state index contributed by atoms with van der Waals surface area (Å²) in [5.41, 5.74) is -33.2. The first kappa shape index (κ1) is 86.5. The van der Waals surface area contributed by atoms with Crippen molar-refractivity contribution in [2.45, 2.75) is 254 Å². The first-order valence-corrected chi connectivity index (χ1v) is 42.6. The van der Waals surface area contributed by atoms with Crippen LogP contribution in [0.3, 0.4) is 0 Å². The SMILES string of the molecule is C[C@@H]1CC2C3C[C@H](F)C4=CC(=O)C=C[C@]4(C)[C@@]3(F)[C@@H](O)C[C@]2(C)[C@@]1(O)C(=O)O[C@]1(C(=O)S)[C@H](C)CC2C3C[C@H](F)C4=CC(=O)C=C[C@]4(C)[C@@]3(F)[C@@H](O)C[C@@]21C.C[C@@H]1CC2C3C[C@H](F)C4=CC(=O)C=C[C@]4(C)[C@@]3(F)[C@@H](O)C[C@]2(C)[C@@]1(O)C(=O)O[C@]1(C(=O)SCF)[C@H](C)CC2C3C[C@H](F)C4=CC(=O)C=C[C@]4(C)[C@@]3(F)[C@@H](O)C[C@@]21C.FCBr. The molecule has 16 aliphatic rings. The fourth-order valence-electron chi connectivity index (χ4n) is 29.0. The van der Waals surface area contributed by atoms with Crippen molar-refractivity contribution < 1.29 is 122 Å². The highest BCUT2D eigenvalue weighted by molar-refractivity contribution is 9.09. The van der Waals surface area contributed by atoms with Crippen molar-refractivity contribution in [3.05, 3.63) is 95.2 Å². The van der Waals surface area contributed by atoms with Crippen LogP contribution in [0, 0.1) is 114 Å². The van der Waals surface area contributed by atoms with E-state index in [0.717, 1.165) is 48.6 Å². The molecule has 12 saturated carbocycles. The zero-order chi connectivity index (χ0) is 85.0. The molecule has 36 atom stereocenters. The number of thiol groups is 1. The van der Waals surface area contributed by atoms with Crippen LogP contribution in [0.4, 0.5) is 43.9 Å². The van der Waals surface area contributed by atoms with Crippen molar-refractivity contribution in [2.24, 2.45) is 114 Å². The Hall–Kier alpha value is -4.88. The fourth-order valence-corrected chi connectivity index (χ4v) is 30.3. The lowest BCUT2D eigenvalue weighted by molar-refractivity contribution is -0.250. The summed E-state index contributed by atoms with van der Waals surface area (Å²) in [6, 6.07) is -1.23. The zero-order valence-electron chi connectivity index (χ0n) is 66.2. The van der Waals surface area contributed by atoms with Gasteiger partial charge in [0.2, 0.25) is 10.2 Å². The summed E-state index contributed by atoms with van der Waals surface area (Å²) < 4.78 is 173. The van der Waals surface area contributed by atoms with E-state index in [1.165, 1.54) is 58.9 Å². The summed E-state index contributed by atoms with van der Waals surface area (Å²) in [4.78, 5) is 108. The van der Waals surface area contributed by atoms with Gasteiger partial charge in [0, 0.05) is 78.8 Å². The summed E-state index contributed by atoms with van der Waals surface area (Å²) >= 11 is 6.97. The Morgan fingerprint density at radius 2 is 0.661 bits per heavy atom. The number of alkyl halides is 11. The van der Waals surface area contributed by atoms with Crippen molar-refractivity contribution in [1.29, 1.82) is 0 Å². The lowest BCUT2D eigenvalue weighted by Gasteiger charge is -2.63. The minimum atomic E-state index is -2.52. The third kappa shape index (κ3) is 10.3. The maximum atomic E-state index is 18.0. The lowest BCUT2D eigenvalue weighted by atomic mass is 9.44. The van der Waals surface area contributed by atoms with Gasteiger partial charge < -0.3 is 40.1 Å². The molecule has 29 heteroatoms. The first-order chi connectivity index (χ1) is 53.2. The highest BCUT2D eigenvalue weighted by Gasteiger charge is 2.85. The van der Waals surface area contributed by atoms with E-state index >= 15 is 39.9 Å². The van der Waals surface area contributed by atoms with Crippen molar-refractivity contribution in [3.63, 3.8) is 0 Å². The van der Waals surface area contributed by atoms with Gasteiger partial charge in [0.15, 0.2) is 68.2 Å². The predicted octanol–water partition coefficient (Wildman–Crippen LogP) is 13.2. The number of halogens is 11. The van der Waals surface area contributed by atoms with Crippen molar-refractivity contribution in [2.75, 3.05) is 11.6 Å². The van der Waals surface area contributed by atoms with Crippen molar-refractivity contribution >= 4 is 85.6 Å². The number of aliphatic hydroxyl groups excluding tert-OH is 4. The number of ether oxygens (including phenoxy) is 2. The molecule has 0 saturated heterocycles. The standard InChI is InChI=1S/C43H51F5O8S.C42H50F4O8S.CH2BrF/c1-20-11-24-26-15-30(45)28-13-22(49)7-9-36(28,3)40(26,47)32(51)17-38(24,5)42(20,55)34(53)56-43(35(54)57-19-44)21(2)12-25-27-16-31(46)29-14-23(50)8-10-37(29,4)41(27,48)33(52)18-39(25,43)6;1-19-11-23-25-15-29(43)27-13-21(47)7-9-35(27,3)39(25,45)31(49)17-37(23,5)41(19,53)33(51)54-42(34(52)55)20(2)12-24-26-16-30(44)28-14-22(48)8-10-36(28,4)40(26,46)32(50)18-38(24,42)6;2-1-3/h7-10,13-14,20-21,24-27,30-33,51-52,55H,11-12,15-19H2,1-6H3;7-10,13-14,19-20,23-26,29-32,49-50,53H,11-12,15-18H2,1-6H3,(H,52,55);1H2/t20-,21-,24?,25?,26?,27?,30+,31+,32+,33+,36+,37+,38+,39+,40+,41+,42+,43+;19-,20-,23?,24?,25?,26?,29+,30+,31+,32+,35+,36+,37+,38+,39+,40+,41+,42+;/m11./s1. The van der Waals surface area contributed by atoms with Crippen LogP contribution in [-0.2, 0) is 47.8 Å². The highest BCUT2D eigenvalue weighted by atomic mass is 79.9. The number of allylic oxidation sites excluding steroid dienone is 16. The van der Waals surface area contributed by atoms with Gasteiger partial charge in [-0.2, -0.15) is 0 Å². The second kappa shape index (κ2) is 27.3. The maximum Gasteiger partial charge on any atom is 0.340 e. The van der Waals surface area contributed by atoms with Gasteiger partial charge in [-0.3, -0.25) is 28.8 Å². The van der Waals surface area contributed by atoms with Crippen LogP contribution in [0.5, 0.6) is 0 Å². The van der Waals surface area contributed by atoms with E-state index in [0.29, 0.717) is 0 Å². The summed E-state index contributed by atoms with van der Waals surface area (Å²) in [7, 11) is 0. The largest absolute Gasteiger partial charge is 0.447 e. The molecule has 16 rings (SSSR count). The Morgan fingerprint density at radius 1 is 0.426 bits per heavy atom. The Balaban J connectivity index is 0.000000184. The number of ketones is 4. The number of fused-ring (bicyclic) bond motifs is 20. The molecule has 12 fully saturated rings. The monoisotopic (exact) mass is 1720 g/mol. The number of carbonyl (C=O) groups excluding carboxylic acids is 8. The zero-order valence-corrected chi connectivity index (χ0v) is 69.5. The van der Waals surface area contributed by atoms with E-state index in [1.54, 1.807) is 48.5 Å². The van der Waals surface area contributed by atoms with E-state index in [1.807, 2.05) is 0 Å². The van der Waals surface area contributed by atoms with Crippen LogP contribution in [0.2, 0.25) is 0 Å². The Bertz CT molecular complexity index is 4480. The van der Waals surface area contributed by atoms with Gasteiger partial charge in [-0.05, 0) is 223 Å². The molecule has 8 unspecified atom stereocenters. The van der Waals surface area contributed by atoms with Gasteiger partial charge in [-0.1, -0.05) is 95.6 Å². The average molecular weight is 1730 g/mol. The van der Waals surface area contributed by atoms with Crippen LogP contribution < -0.4 is 0 Å². The quantitative estimate of drug-likeness (QED) is 0.0540. The number of hydrogen-bond acceptors (Lipinski definition) is 17. The Morgan fingerprint density at radius 3 is 0.930 bits per heavy atom. The molecule has 0 aromatic carbocycles. The minimum Gasteiger partial charge on any atom is -0.447 e. The van der Waals surface area contributed by atoms with Crippen LogP contribution in [-0.4, -0.2) is 182 Å². The second-order valence-corrected chi connectivity index (χ2v) is 40.4. The molecule has 0 spiro atoms. The molecule has 6 N–H and O–H groups in total. The van der Waals surface area contributed by atoms with Crippen LogP contribution in [0.1, 0.15) is 160 Å². The minimum absolute atomic E-state index is 0.00122. The molecule has 16 nitrogen and oxygen atoms in total. The topological polar surface area (TPSA) is 276 Å². The highest BCUT2D eigenvalue weighted by Crippen LogP contribution is 2.78. The summed E-state index contributed by atoms with van der Waals surface area (Å²) in [6.07, 6.45) is -3.65. The van der Waals surface area contributed by atoms with Gasteiger partial charge in [-0.25, -0.2) is 53.5 Å². The van der Waals surface area contributed by atoms with Crippen molar-refractivity contribution in [3.8, 4) is 0 Å². The molecular formula is C86H103BrF10O16S2.